The lowest BCUT2D eigenvalue weighted by molar-refractivity contribution is -0.148. The Labute approximate surface area is 169 Å². The Morgan fingerprint density at radius 2 is 1.71 bits per heavy atom. The van der Waals surface area contributed by atoms with Crippen LogP contribution in [0.3, 0.4) is 0 Å². The van der Waals surface area contributed by atoms with Gasteiger partial charge in [-0.25, -0.2) is 4.79 Å². The van der Waals surface area contributed by atoms with E-state index < -0.39 is 6.04 Å². The molecule has 0 radical (unpaired) electrons. The molecule has 0 saturated carbocycles. The van der Waals surface area contributed by atoms with E-state index >= 15 is 0 Å². The number of carbonyl (C=O) groups excluding carboxylic acids is 2. The molecule has 1 amide bonds. The number of amides is 1. The van der Waals surface area contributed by atoms with Crippen LogP contribution in [0.1, 0.15) is 22.0 Å². The second kappa shape index (κ2) is 9.08. The van der Waals surface area contributed by atoms with Crippen LogP contribution >= 0.6 is 11.6 Å². The van der Waals surface area contributed by atoms with Crippen LogP contribution in [0.15, 0.2) is 48.5 Å². The summed E-state index contributed by atoms with van der Waals surface area (Å²) >= 11 is 6.32. The Morgan fingerprint density at radius 1 is 1.00 bits per heavy atom. The summed E-state index contributed by atoms with van der Waals surface area (Å²) in [5.41, 5.74) is 1.30. The Balaban J connectivity index is 1.73. The maximum absolute atomic E-state index is 12.8. The lowest BCUT2D eigenvalue weighted by Gasteiger charge is -2.38. The third kappa shape index (κ3) is 4.29. The molecular weight excluding hydrogens is 380 g/mol. The molecule has 7 heteroatoms. The van der Waals surface area contributed by atoms with Gasteiger partial charge < -0.3 is 14.4 Å². The molecule has 6 nitrogen and oxygen atoms in total. The molecule has 1 aliphatic rings. The molecule has 2 aromatic rings. The smallest absolute Gasteiger partial charge is 0.327 e. The summed E-state index contributed by atoms with van der Waals surface area (Å²) < 4.78 is 10.2. The van der Waals surface area contributed by atoms with E-state index in [1.165, 1.54) is 7.11 Å². The Hall–Kier alpha value is -2.57. The Morgan fingerprint density at radius 3 is 2.36 bits per heavy atom. The topological polar surface area (TPSA) is 59.1 Å². The number of hydrogen-bond acceptors (Lipinski definition) is 5. The Kier molecular flexibility index (Phi) is 6.54. The van der Waals surface area contributed by atoms with Crippen molar-refractivity contribution in [2.45, 2.75) is 6.04 Å². The van der Waals surface area contributed by atoms with E-state index in [9.17, 15) is 9.59 Å². The van der Waals surface area contributed by atoms with E-state index in [0.717, 1.165) is 0 Å². The fourth-order valence-electron chi connectivity index (χ4n) is 3.40. The van der Waals surface area contributed by atoms with Crippen molar-refractivity contribution in [1.82, 2.24) is 9.80 Å². The number of methoxy groups -OCH3 is 2. The predicted octanol–water partition coefficient (Wildman–Crippen LogP) is 3.02. The van der Waals surface area contributed by atoms with Gasteiger partial charge in [-0.3, -0.25) is 9.69 Å². The molecule has 0 spiro atoms. The van der Waals surface area contributed by atoms with Crippen molar-refractivity contribution in [1.29, 1.82) is 0 Å². The van der Waals surface area contributed by atoms with Gasteiger partial charge in [0, 0.05) is 36.8 Å². The third-order valence-corrected chi connectivity index (χ3v) is 5.25. The van der Waals surface area contributed by atoms with Crippen LogP contribution in [-0.4, -0.2) is 62.1 Å². The monoisotopic (exact) mass is 402 g/mol. The Bertz CT molecular complexity index is 850. The number of benzene rings is 2. The van der Waals surface area contributed by atoms with Crippen molar-refractivity contribution in [3.05, 3.63) is 64.7 Å². The molecule has 2 aromatic carbocycles. The van der Waals surface area contributed by atoms with Crippen molar-refractivity contribution >= 4 is 23.5 Å². The van der Waals surface area contributed by atoms with Gasteiger partial charge in [-0.2, -0.15) is 0 Å². The second-order valence-corrected chi connectivity index (χ2v) is 6.91. The van der Waals surface area contributed by atoms with E-state index in [1.54, 1.807) is 42.3 Å². The lowest BCUT2D eigenvalue weighted by atomic mass is 10.0. The van der Waals surface area contributed by atoms with Crippen LogP contribution in [0.25, 0.3) is 0 Å². The minimum atomic E-state index is -0.590. The van der Waals surface area contributed by atoms with Gasteiger partial charge in [0.1, 0.15) is 11.8 Å². The van der Waals surface area contributed by atoms with Crippen molar-refractivity contribution in [2.24, 2.45) is 0 Å². The summed E-state index contributed by atoms with van der Waals surface area (Å²) in [5, 5.41) is 0.521. The normalized spacial score (nSPS) is 15.8. The molecule has 28 heavy (non-hydrogen) atoms. The van der Waals surface area contributed by atoms with Crippen molar-refractivity contribution in [2.75, 3.05) is 40.4 Å². The van der Waals surface area contributed by atoms with Crippen molar-refractivity contribution in [3.8, 4) is 5.75 Å². The molecule has 148 valence electrons. The van der Waals surface area contributed by atoms with Gasteiger partial charge in [-0.1, -0.05) is 35.9 Å². The number of hydrogen-bond donors (Lipinski definition) is 0. The molecule has 1 heterocycles. The van der Waals surface area contributed by atoms with E-state index in [1.807, 2.05) is 23.1 Å². The summed E-state index contributed by atoms with van der Waals surface area (Å²) in [5.74, 6) is 0.237. The zero-order valence-electron chi connectivity index (χ0n) is 15.9. The van der Waals surface area contributed by atoms with Crippen LogP contribution in [0.5, 0.6) is 5.75 Å². The lowest BCUT2D eigenvalue weighted by Crippen LogP contribution is -2.51. The van der Waals surface area contributed by atoms with Gasteiger partial charge in [-0.15, -0.1) is 0 Å². The fourth-order valence-corrected chi connectivity index (χ4v) is 3.64. The summed E-state index contributed by atoms with van der Waals surface area (Å²) in [7, 11) is 2.94. The summed E-state index contributed by atoms with van der Waals surface area (Å²) in [6, 6.07) is 13.8. The van der Waals surface area contributed by atoms with Crippen LogP contribution < -0.4 is 4.74 Å². The maximum Gasteiger partial charge on any atom is 0.327 e. The van der Waals surface area contributed by atoms with Crippen LogP contribution in [0.4, 0.5) is 0 Å². The van der Waals surface area contributed by atoms with E-state index in [0.29, 0.717) is 48.1 Å². The molecule has 1 fully saturated rings. The van der Waals surface area contributed by atoms with Gasteiger partial charge in [0.05, 0.1) is 14.2 Å². The summed E-state index contributed by atoms with van der Waals surface area (Å²) in [6.45, 7) is 2.10. The number of piperazine rings is 1. The van der Waals surface area contributed by atoms with Crippen LogP contribution in [0, 0.1) is 0 Å². The van der Waals surface area contributed by atoms with Gasteiger partial charge in [0.2, 0.25) is 0 Å². The average molecular weight is 403 g/mol. The summed E-state index contributed by atoms with van der Waals surface area (Å²) in [4.78, 5) is 29.0. The fraction of sp³-hybridized carbons (Fsp3) is 0.333. The molecule has 0 aromatic heterocycles. The minimum absolute atomic E-state index is 0.0501. The highest BCUT2D eigenvalue weighted by Gasteiger charge is 2.33. The highest BCUT2D eigenvalue weighted by Crippen LogP contribution is 2.29. The standard InChI is InChI=1S/C21H23ClN2O4/c1-27-16-7-5-6-15(14-16)20(25)24-12-10-23(11-13-24)19(21(26)28-2)17-8-3-4-9-18(17)22/h3-9,14,19H,10-13H2,1-2H3/t19-/m1/s1. The number of rotatable bonds is 5. The van der Waals surface area contributed by atoms with E-state index in [-0.39, 0.29) is 11.9 Å². The summed E-state index contributed by atoms with van der Waals surface area (Å²) in [6.07, 6.45) is 0. The number of nitrogens with zero attached hydrogens (tertiary/aromatic N) is 2. The van der Waals surface area contributed by atoms with Crippen LogP contribution in [0.2, 0.25) is 5.02 Å². The second-order valence-electron chi connectivity index (χ2n) is 6.51. The molecule has 0 unspecified atom stereocenters. The SMILES string of the molecule is COC(=O)[C@@H](c1ccccc1Cl)N1CCN(C(=O)c2cccc(OC)c2)CC1. The first-order chi connectivity index (χ1) is 13.5. The van der Waals surface area contributed by atoms with Crippen molar-refractivity contribution in [3.63, 3.8) is 0 Å². The van der Waals surface area contributed by atoms with E-state index in [2.05, 4.69) is 0 Å². The zero-order chi connectivity index (χ0) is 20.1. The molecule has 0 aliphatic carbocycles. The molecule has 1 saturated heterocycles. The van der Waals surface area contributed by atoms with Gasteiger partial charge in [-0.05, 0) is 29.8 Å². The first kappa shape index (κ1) is 20.2. The maximum atomic E-state index is 12.8. The number of ether oxygens (including phenoxy) is 2. The first-order valence-electron chi connectivity index (χ1n) is 9.04. The van der Waals surface area contributed by atoms with Crippen molar-refractivity contribution < 1.29 is 19.1 Å². The number of carbonyl (C=O) groups is 2. The number of esters is 1. The highest BCUT2D eigenvalue weighted by molar-refractivity contribution is 6.31. The van der Waals surface area contributed by atoms with Crippen LogP contribution in [-0.2, 0) is 9.53 Å². The molecule has 3 rings (SSSR count). The van der Waals surface area contributed by atoms with Gasteiger partial charge in [0.15, 0.2) is 0 Å². The minimum Gasteiger partial charge on any atom is -0.497 e. The first-order valence-corrected chi connectivity index (χ1v) is 9.42. The largest absolute Gasteiger partial charge is 0.497 e. The van der Waals surface area contributed by atoms with Gasteiger partial charge in [0.25, 0.3) is 5.91 Å². The molecule has 0 N–H and O–H groups in total. The van der Waals surface area contributed by atoms with Gasteiger partial charge >= 0.3 is 5.97 Å². The van der Waals surface area contributed by atoms with E-state index in [4.69, 9.17) is 21.1 Å². The molecule has 1 aliphatic heterocycles. The highest BCUT2D eigenvalue weighted by atomic mass is 35.5. The molecule has 1 atom stereocenters. The molecular formula is C21H23ClN2O4. The average Bonchev–Trinajstić information content (AvgIpc) is 2.75. The zero-order valence-corrected chi connectivity index (χ0v) is 16.7. The molecule has 0 bridgehead atoms. The third-order valence-electron chi connectivity index (χ3n) is 4.91. The number of halogens is 1. The predicted molar refractivity (Wildman–Crippen MR) is 107 cm³/mol. The quantitative estimate of drug-likeness (QED) is 0.719.